The monoisotopic (exact) mass is 767 g/mol. The number of rotatable bonds is 46. The Bertz CT molecular complexity index is 729. The molecule has 13 heteroatoms. The van der Waals surface area contributed by atoms with Crippen LogP contribution in [-0.4, -0.2) is 144 Å². The summed E-state index contributed by atoms with van der Waals surface area (Å²) in [7, 11) is 0. The van der Waals surface area contributed by atoms with E-state index in [1.54, 1.807) is 0 Å². The van der Waals surface area contributed by atoms with Crippen LogP contribution in [0.3, 0.4) is 0 Å². The van der Waals surface area contributed by atoms with Gasteiger partial charge >= 0.3 is 11.9 Å². The maximum Gasteiger partial charge on any atom is 0.305 e. The largest absolute Gasteiger partial charge is 0.463 e. The molecule has 53 heavy (non-hydrogen) atoms. The molecule has 0 aliphatic rings. The van der Waals surface area contributed by atoms with Gasteiger partial charge in [0.25, 0.3) is 0 Å². The average Bonchev–Trinajstić information content (AvgIpc) is 3.15. The van der Waals surface area contributed by atoms with Gasteiger partial charge in [0.2, 0.25) is 0 Å². The van der Waals surface area contributed by atoms with Crippen molar-refractivity contribution in [2.75, 3.05) is 132 Å². The van der Waals surface area contributed by atoms with Crippen molar-refractivity contribution in [1.82, 2.24) is 0 Å². The topological polar surface area (TPSA) is 136 Å². The average molecular weight is 767 g/mol. The molecule has 0 unspecified atom stereocenters. The molecule has 0 bridgehead atoms. The van der Waals surface area contributed by atoms with Crippen LogP contribution in [0.4, 0.5) is 0 Å². The first kappa shape index (κ1) is 51.6. The van der Waals surface area contributed by atoms with Gasteiger partial charge in [0.15, 0.2) is 0 Å². The van der Waals surface area contributed by atoms with Gasteiger partial charge in [-0.2, -0.15) is 0 Å². The Morgan fingerprint density at radius 3 is 0.755 bits per heavy atom. The number of esters is 2. The van der Waals surface area contributed by atoms with Crippen LogP contribution in [0.1, 0.15) is 117 Å². The van der Waals surface area contributed by atoms with E-state index >= 15 is 0 Å². The minimum Gasteiger partial charge on any atom is -0.463 e. The predicted octanol–water partition coefficient (Wildman–Crippen LogP) is 6.50. The van der Waals surface area contributed by atoms with E-state index in [0.717, 1.165) is 19.3 Å². The highest BCUT2D eigenvalue weighted by Gasteiger charge is 2.03. The summed E-state index contributed by atoms with van der Waals surface area (Å²) in [6.07, 6.45) is 18.5. The first-order valence-electron chi connectivity index (χ1n) is 20.7. The second-order valence-corrected chi connectivity index (χ2v) is 12.7. The fraction of sp³-hybridized carbons (Fsp3) is 0.950. The Balaban J connectivity index is 3.14. The van der Waals surface area contributed by atoms with Crippen molar-refractivity contribution in [1.29, 1.82) is 0 Å². The summed E-state index contributed by atoms with van der Waals surface area (Å²) >= 11 is 0. The number of unbranched alkanes of at least 4 members (excludes halogenated alkanes) is 12. The second kappa shape index (κ2) is 46.7. The molecule has 0 fully saturated rings. The third-order valence-electron chi connectivity index (χ3n) is 7.90. The molecule has 0 N–H and O–H groups in total. The Labute approximate surface area is 322 Å². The molecule has 0 rings (SSSR count). The van der Waals surface area contributed by atoms with E-state index in [2.05, 4.69) is 6.92 Å². The summed E-state index contributed by atoms with van der Waals surface area (Å²) in [6, 6.07) is 0. The van der Waals surface area contributed by atoms with E-state index in [4.69, 9.17) is 52.1 Å². The minimum absolute atomic E-state index is 0.134. The summed E-state index contributed by atoms with van der Waals surface area (Å²) in [5.74, 6) is -0.324. The van der Waals surface area contributed by atoms with Crippen molar-refractivity contribution >= 4 is 11.9 Å². The maximum atomic E-state index is 11.9. The van der Waals surface area contributed by atoms with Crippen molar-refractivity contribution in [3.63, 3.8) is 0 Å². The molecule has 0 heterocycles. The molecule has 0 aliphatic heterocycles. The molecule has 0 radical (unpaired) electrons. The SMILES string of the molecule is CCCCCCCCCCCCCCCC(=O)OCCOCCOCCOCCOCCOCCOCCOCCOCCOCCOC(=O)CCC. The summed E-state index contributed by atoms with van der Waals surface area (Å²) in [4.78, 5) is 23.1. The molecule has 0 spiro atoms. The molecule has 13 nitrogen and oxygen atoms in total. The fourth-order valence-corrected chi connectivity index (χ4v) is 4.93. The zero-order valence-electron chi connectivity index (χ0n) is 33.8. The Hall–Kier alpha value is -1.42. The Kier molecular flexibility index (Phi) is 45.5. The number of hydrogen-bond donors (Lipinski definition) is 0. The van der Waals surface area contributed by atoms with Crippen molar-refractivity contribution in [3.8, 4) is 0 Å². The van der Waals surface area contributed by atoms with Crippen LogP contribution in [-0.2, 0) is 61.7 Å². The van der Waals surface area contributed by atoms with Crippen molar-refractivity contribution < 1.29 is 61.7 Å². The normalized spacial score (nSPS) is 11.4. The fourth-order valence-electron chi connectivity index (χ4n) is 4.93. The van der Waals surface area contributed by atoms with Crippen LogP contribution in [0.15, 0.2) is 0 Å². The minimum atomic E-state index is -0.189. The molecule has 0 saturated heterocycles. The number of hydrogen-bond acceptors (Lipinski definition) is 13. The van der Waals surface area contributed by atoms with Gasteiger partial charge < -0.3 is 52.1 Å². The zero-order chi connectivity index (χ0) is 38.4. The lowest BCUT2D eigenvalue weighted by Gasteiger charge is -2.09. The third kappa shape index (κ3) is 46.7. The molecular weight excluding hydrogens is 688 g/mol. The first-order valence-corrected chi connectivity index (χ1v) is 20.7. The molecule has 0 saturated carbocycles. The van der Waals surface area contributed by atoms with Gasteiger partial charge in [-0.3, -0.25) is 9.59 Å². The highest BCUT2D eigenvalue weighted by molar-refractivity contribution is 5.69. The van der Waals surface area contributed by atoms with Gasteiger partial charge in [-0.05, 0) is 12.8 Å². The molecule has 0 aliphatic carbocycles. The molecule has 0 aromatic heterocycles. The first-order chi connectivity index (χ1) is 26.2. The molecule has 0 atom stereocenters. The molecule has 0 aromatic carbocycles. The smallest absolute Gasteiger partial charge is 0.305 e. The van der Waals surface area contributed by atoms with E-state index in [1.165, 1.54) is 70.6 Å². The summed E-state index contributed by atoms with van der Waals surface area (Å²) < 4.78 is 59.4. The maximum absolute atomic E-state index is 11.9. The van der Waals surface area contributed by atoms with E-state index in [9.17, 15) is 9.59 Å². The van der Waals surface area contributed by atoms with Crippen molar-refractivity contribution in [3.05, 3.63) is 0 Å². The Morgan fingerprint density at radius 1 is 0.264 bits per heavy atom. The summed E-state index contributed by atoms with van der Waals surface area (Å²) in [5, 5.41) is 0. The Morgan fingerprint density at radius 2 is 0.491 bits per heavy atom. The van der Waals surface area contributed by atoms with Gasteiger partial charge in [-0.15, -0.1) is 0 Å². The van der Waals surface area contributed by atoms with Crippen LogP contribution in [0.2, 0.25) is 0 Å². The van der Waals surface area contributed by atoms with E-state index in [-0.39, 0.29) is 25.2 Å². The third-order valence-corrected chi connectivity index (χ3v) is 7.90. The quantitative estimate of drug-likeness (QED) is 0.0493. The second-order valence-electron chi connectivity index (χ2n) is 12.7. The van der Waals surface area contributed by atoms with E-state index < -0.39 is 0 Å². The number of ether oxygens (including phenoxy) is 11. The highest BCUT2D eigenvalue weighted by Crippen LogP contribution is 2.13. The molecule has 0 amide bonds. The molecular formula is C40H78O13. The lowest BCUT2D eigenvalue weighted by atomic mass is 10.0. The molecule has 0 aromatic rings. The lowest BCUT2D eigenvalue weighted by Crippen LogP contribution is -2.15. The van der Waals surface area contributed by atoms with Crippen LogP contribution in [0.25, 0.3) is 0 Å². The van der Waals surface area contributed by atoms with Crippen LogP contribution >= 0.6 is 0 Å². The van der Waals surface area contributed by atoms with Gasteiger partial charge in [0.1, 0.15) is 13.2 Å². The standard InChI is InChI=1S/C40H78O13/c1-3-5-6-7-8-9-10-11-12-13-14-15-16-18-40(42)53-38-36-51-34-32-49-30-28-47-26-24-45-22-20-43-19-21-44-23-25-46-27-29-48-31-33-50-35-37-52-39(41)17-4-2/h3-38H2,1-2H3. The van der Waals surface area contributed by atoms with E-state index in [1.807, 2.05) is 6.92 Å². The lowest BCUT2D eigenvalue weighted by molar-refractivity contribution is -0.146. The van der Waals surface area contributed by atoms with E-state index in [0.29, 0.717) is 132 Å². The molecule has 316 valence electrons. The van der Waals surface area contributed by atoms with Crippen LogP contribution in [0.5, 0.6) is 0 Å². The highest BCUT2D eigenvalue weighted by atomic mass is 16.6. The van der Waals surface area contributed by atoms with Crippen LogP contribution < -0.4 is 0 Å². The predicted molar refractivity (Wildman–Crippen MR) is 205 cm³/mol. The number of carbonyl (C=O) groups excluding carboxylic acids is 2. The van der Waals surface area contributed by atoms with Crippen molar-refractivity contribution in [2.24, 2.45) is 0 Å². The summed E-state index contributed by atoms with van der Waals surface area (Å²) in [5.41, 5.74) is 0. The van der Waals surface area contributed by atoms with Gasteiger partial charge in [-0.25, -0.2) is 0 Å². The van der Waals surface area contributed by atoms with Gasteiger partial charge in [0.05, 0.1) is 119 Å². The summed E-state index contributed by atoms with van der Waals surface area (Å²) in [6.45, 7) is 13.2. The van der Waals surface area contributed by atoms with Crippen molar-refractivity contribution in [2.45, 2.75) is 117 Å². The number of carbonyl (C=O) groups is 2. The van der Waals surface area contributed by atoms with Gasteiger partial charge in [0, 0.05) is 12.8 Å². The van der Waals surface area contributed by atoms with Gasteiger partial charge in [-0.1, -0.05) is 90.9 Å². The van der Waals surface area contributed by atoms with Crippen LogP contribution in [0, 0.1) is 0 Å². The zero-order valence-corrected chi connectivity index (χ0v) is 33.8.